The number of allylic oxidation sites excluding steroid dienone is 1. The third-order valence-electron chi connectivity index (χ3n) is 6.52. The van der Waals surface area contributed by atoms with Gasteiger partial charge in [0.25, 0.3) is 0 Å². The molecule has 2 heterocycles. The molecular weight excluding hydrogens is 477 g/mol. The number of H-pyrrole nitrogens is 1. The molecule has 5 rings (SSSR count). The van der Waals surface area contributed by atoms with Crippen molar-refractivity contribution in [3.63, 3.8) is 0 Å². The van der Waals surface area contributed by atoms with Crippen LogP contribution in [0.25, 0.3) is 11.0 Å². The van der Waals surface area contributed by atoms with Gasteiger partial charge >= 0.3 is 0 Å². The Bertz CT molecular complexity index is 1400. The molecule has 1 spiro atoms. The number of hydrogen-bond donors (Lipinski definition) is 2. The van der Waals surface area contributed by atoms with E-state index in [1.54, 1.807) is 13.0 Å². The first-order valence-electron chi connectivity index (χ1n) is 11.1. The number of halogens is 2. The number of Topliss-reactive ketones (excluding diaryl/α,β-unsaturated/α-hetero) is 1. The highest BCUT2D eigenvalue weighted by Crippen LogP contribution is 2.52. The first-order chi connectivity index (χ1) is 16.8. The van der Waals surface area contributed by atoms with E-state index in [2.05, 4.69) is 15.3 Å². The standard InChI is InChI=1S/C25H23ClFN3O5/c1-12-8-14(28-7-6-20-29-15-5-4-13(27)9-16(15)30-20)10-19(31)25(12)24(32)21-17(33-2)11-18(34-3)22(26)23(21)35-25/h4-5,9-12,28H,6-8H2,1-3H3,(H,29,30). The van der Waals surface area contributed by atoms with E-state index in [0.717, 1.165) is 0 Å². The Balaban J connectivity index is 1.35. The van der Waals surface area contributed by atoms with Crippen molar-refractivity contribution in [1.29, 1.82) is 0 Å². The van der Waals surface area contributed by atoms with Crippen molar-refractivity contribution >= 4 is 34.2 Å². The minimum Gasteiger partial charge on any atom is -0.496 e. The van der Waals surface area contributed by atoms with Gasteiger partial charge in [-0.25, -0.2) is 9.37 Å². The average molecular weight is 500 g/mol. The normalized spacial score (nSPS) is 21.2. The first-order valence-corrected chi connectivity index (χ1v) is 11.5. The van der Waals surface area contributed by atoms with Crippen LogP contribution in [-0.2, 0) is 11.2 Å². The summed E-state index contributed by atoms with van der Waals surface area (Å²) in [6, 6.07) is 5.89. The smallest absolute Gasteiger partial charge is 0.236 e. The lowest BCUT2D eigenvalue weighted by molar-refractivity contribution is -0.129. The number of carbonyl (C=O) groups is 2. The van der Waals surface area contributed by atoms with Gasteiger partial charge in [-0.05, 0) is 24.6 Å². The molecular formula is C25H23ClFN3O5. The molecule has 1 aliphatic heterocycles. The van der Waals surface area contributed by atoms with E-state index in [4.69, 9.17) is 25.8 Å². The number of imidazole rings is 1. The summed E-state index contributed by atoms with van der Waals surface area (Å²) < 4.78 is 30.1. The van der Waals surface area contributed by atoms with Crippen LogP contribution in [0.15, 0.2) is 36.0 Å². The van der Waals surface area contributed by atoms with Crippen LogP contribution < -0.4 is 19.5 Å². The number of benzene rings is 2. The predicted molar refractivity (Wildman–Crippen MR) is 127 cm³/mol. The van der Waals surface area contributed by atoms with Crippen LogP contribution in [0.2, 0.25) is 5.02 Å². The fraction of sp³-hybridized carbons (Fsp3) is 0.320. The highest BCUT2D eigenvalue weighted by molar-refractivity contribution is 6.36. The molecule has 1 aromatic heterocycles. The molecule has 182 valence electrons. The molecule has 0 bridgehead atoms. The van der Waals surface area contributed by atoms with Crippen molar-refractivity contribution in [1.82, 2.24) is 15.3 Å². The number of nitrogens with zero attached hydrogens (tertiary/aromatic N) is 1. The Hall–Kier alpha value is -3.59. The number of aromatic nitrogens is 2. The van der Waals surface area contributed by atoms with E-state index in [-0.39, 0.29) is 33.7 Å². The van der Waals surface area contributed by atoms with Crippen LogP contribution in [-0.4, -0.2) is 47.9 Å². The van der Waals surface area contributed by atoms with Crippen LogP contribution in [0.5, 0.6) is 17.2 Å². The van der Waals surface area contributed by atoms with E-state index < -0.39 is 23.1 Å². The third kappa shape index (κ3) is 3.61. The summed E-state index contributed by atoms with van der Waals surface area (Å²) in [7, 11) is 2.87. The quantitative estimate of drug-likeness (QED) is 0.494. The van der Waals surface area contributed by atoms with E-state index in [9.17, 15) is 14.0 Å². The predicted octanol–water partition coefficient (Wildman–Crippen LogP) is 4.01. The van der Waals surface area contributed by atoms with Crippen LogP contribution in [0.4, 0.5) is 4.39 Å². The molecule has 2 unspecified atom stereocenters. The van der Waals surface area contributed by atoms with Crippen LogP contribution in [0.1, 0.15) is 29.5 Å². The average Bonchev–Trinajstić information content (AvgIpc) is 3.37. The Morgan fingerprint density at radius 1 is 1.26 bits per heavy atom. The summed E-state index contributed by atoms with van der Waals surface area (Å²) in [6.45, 7) is 2.29. The summed E-state index contributed by atoms with van der Waals surface area (Å²) in [6.07, 6.45) is 2.36. The monoisotopic (exact) mass is 499 g/mol. The van der Waals surface area contributed by atoms with Crippen molar-refractivity contribution in [3.8, 4) is 17.2 Å². The number of methoxy groups -OCH3 is 2. The zero-order valence-electron chi connectivity index (χ0n) is 19.3. The maximum absolute atomic E-state index is 13.5. The maximum atomic E-state index is 13.5. The molecule has 0 saturated carbocycles. The van der Waals surface area contributed by atoms with Crippen molar-refractivity contribution in [2.24, 2.45) is 5.92 Å². The van der Waals surface area contributed by atoms with Gasteiger partial charge in [0.1, 0.15) is 33.7 Å². The SMILES string of the molecule is COc1cc(OC)c2c(c1Cl)OC1(C(=O)C=C(NCCc3nc4ccc(F)cc4[nH]3)CC1C)C2=O. The van der Waals surface area contributed by atoms with Gasteiger partial charge in [-0.2, -0.15) is 0 Å². The number of aromatic amines is 1. The van der Waals surface area contributed by atoms with Gasteiger partial charge in [-0.15, -0.1) is 0 Å². The minimum absolute atomic E-state index is 0.0965. The molecule has 2 aromatic carbocycles. The Labute approximate surface area is 205 Å². The summed E-state index contributed by atoms with van der Waals surface area (Å²) >= 11 is 6.41. The Morgan fingerprint density at radius 2 is 2.03 bits per heavy atom. The van der Waals surface area contributed by atoms with Gasteiger partial charge in [0.05, 0.1) is 25.3 Å². The molecule has 35 heavy (non-hydrogen) atoms. The fourth-order valence-electron chi connectivity index (χ4n) is 4.75. The minimum atomic E-state index is -1.71. The van der Waals surface area contributed by atoms with Crippen molar-refractivity contribution in [3.05, 3.63) is 58.3 Å². The molecule has 0 fully saturated rings. The summed E-state index contributed by atoms with van der Waals surface area (Å²) in [5.74, 6) is -0.417. The highest BCUT2D eigenvalue weighted by Gasteiger charge is 2.60. The molecule has 1 aliphatic carbocycles. The largest absolute Gasteiger partial charge is 0.496 e. The van der Waals surface area contributed by atoms with Crippen molar-refractivity contribution in [2.45, 2.75) is 25.4 Å². The van der Waals surface area contributed by atoms with Gasteiger partial charge < -0.3 is 24.5 Å². The van der Waals surface area contributed by atoms with E-state index in [0.29, 0.717) is 41.9 Å². The molecule has 0 saturated heterocycles. The molecule has 2 atom stereocenters. The molecule has 0 amide bonds. The number of fused-ring (bicyclic) bond motifs is 2. The number of nitrogens with one attached hydrogen (secondary N) is 2. The van der Waals surface area contributed by atoms with E-state index in [1.165, 1.54) is 38.5 Å². The second kappa shape index (κ2) is 8.57. The van der Waals surface area contributed by atoms with Gasteiger partial charge in [0.15, 0.2) is 5.75 Å². The van der Waals surface area contributed by atoms with Gasteiger partial charge in [-0.1, -0.05) is 18.5 Å². The molecule has 2 aliphatic rings. The molecule has 8 nitrogen and oxygen atoms in total. The van der Waals surface area contributed by atoms with Crippen LogP contribution >= 0.6 is 11.6 Å². The molecule has 2 N–H and O–H groups in total. The zero-order chi connectivity index (χ0) is 24.9. The zero-order valence-corrected chi connectivity index (χ0v) is 20.1. The number of rotatable bonds is 6. The lowest BCUT2D eigenvalue weighted by atomic mass is 9.74. The molecule has 10 heteroatoms. The Morgan fingerprint density at radius 3 is 2.74 bits per heavy atom. The summed E-state index contributed by atoms with van der Waals surface area (Å²) in [4.78, 5) is 34.4. The third-order valence-corrected chi connectivity index (χ3v) is 6.87. The summed E-state index contributed by atoms with van der Waals surface area (Å²) in [5, 5.41) is 3.37. The fourth-order valence-corrected chi connectivity index (χ4v) is 5.01. The summed E-state index contributed by atoms with van der Waals surface area (Å²) in [5.41, 5.74) is 0.443. The van der Waals surface area contributed by atoms with Crippen LogP contribution in [0.3, 0.4) is 0 Å². The first kappa shape index (κ1) is 23.2. The lowest BCUT2D eigenvalue weighted by Crippen LogP contribution is -2.55. The topological polar surface area (TPSA) is 103 Å². The second-order valence-electron chi connectivity index (χ2n) is 8.63. The van der Waals surface area contributed by atoms with Gasteiger partial charge in [-0.3, -0.25) is 9.59 Å². The number of carbonyl (C=O) groups excluding carboxylic acids is 2. The molecule has 0 radical (unpaired) electrons. The van der Waals surface area contributed by atoms with E-state index in [1.807, 2.05) is 0 Å². The van der Waals surface area contributed by atoms with Gasteiger partial charge in [0.2, 0.25) is 17.2 Å². The number of ketones is 2. The second-order valence-corrected chi connectivity index (χ2v) is 9.00. The number of hydrogen-bond acceptors (Lipinski definition) is 7. The Kier molecular flexibility index (Phi) is 5.67. The highest BCUT2D eigenvalue weighted by atomic mass is 35.5. The number of ether oxygens (including phenoxy) is 3. The molecule has 3 aromatic rings. The van der Waals surface area contributed by atoms with Crippen molar-refractivity contribution in [2.75, 3.05) is 20.8 Å². The van der Waals surface area contributed by atoms with Crippen molar-refractivity contribution < 1.29 is 28.2 Å². The van der Waals surface area contributed by atoms with E-state index >= 15 is 0 Å². The van der Waals surface area contributed by atoms with Crippen LogP contribution in [0, 0.1) is 11.7 Å². The maximum Gasteiger partial charge on any atom is 0.236 e. The lowest BCUT2D eigenvalue weighted by Gasteiger charge is -2.35. The van der Waals surface area contributed by atoms with Gasteiger partial charge in [0, 0.05) is 36.7 Å².